The van der Waals surface area contributed by atoms with Crippen molar-refractivity contribution in [2.45, 2.75) is 25.4 Å². The SMILES string of the molecule is O=C(NCC1CCCC1O)c1nn(-c2ccccc2F)cc1O. The van der Waals surface area contributed by atoms with Gasteiger partial charge in [0.2, 0.25) is 0 Å². The van der Waals surface area contributed by atoms with Gasteiger partial charge in [0.15, 0.2) is 11.4 Å². The summed E-state index contributed by atoms with van der Waals surface area (Å²) in [7, 11) is 0. The fourth-order valence-corrected chi connectivity index (χ4v) is 2.85. The molecule has 0 bridgehead atoms. The van der Waals surface area contributed by atoms with Crippen LogP contribution < -0.4 is 5.32 Å². The molecule has 2 atom stereocenters. The molecule has 1 aromatic carbocycles. The number of nitrogens with one attached hydrogen (secondary N) is 1. The predicted molar refractivity (Wildman–Crippen MR) is 80.9 cm³/mol. The van der Waals surface area contributed by atoms with Crippen LogP contribution >= 0.6 is 0 Å². The van der Waals surface area contributed by atoms with Crippen LogP contribution in [0.15, 0.2) is 30.5 Å². The molecule has 1 fully saturated rings. The number of carbonyl (C=O) groups excluding carboxylic acids is 1. The monoisotopic (exact) mass is 319 g/mol. The lowest BCUT2D eigenvalue weighted by atomic mass is 10.1. The highest BCUT2D eigenvalue weighted by Gasteiger charge is 2.26. The summed E-state index contributed by atoms with van der Waals surface area (Å²) in [4.78, 5) is 12.1. The number of nitrogens with zero attached hydrogens (tertiary/aromatic N) is 2. The third-order valence-corrected chi connectivity index (χ3v) is 4.15. The number of para-hydroxylation sites is 1. The van der Waals surface area contributed by atoms with Crippen LogP contribution in [0, 0.1) is 11.7 Å². The number of carbonyl (C=O) groups is 1. The minimum Gasteiger partial charge on any atom is -0.504 e. The zero-order valence-electron chi connectivity index (χ0n) is 12.4. The van der Waals surface area contributed by atoms with Crippen LogP contribution in [-0.2, 0) is 0 Å². The van der Waals surface area contributed by atoms with E-state index in [4.69, 9.17) is 0 Å². The smallest absolute Gasteiger partial charge is 0.275 e. The Morgan fingerprint density at radius 3 is 2.87 bits per heavy atom. The Kier molecular flexibility index (Phi) is 4.29. The van der Waals surface area contributed by atoms with E-state index in [0.29, 0.717) is 6.54 Å². The summed E-state index contributed by atoms with van der Waals surface area (Å²) >= 11 is 0. The lowest BCUT2D eigenvalue weighted by molar-refractivity contribution is 0.0909. The maximum Gasteiger partial charge on any atom is 0.275 e. The first-order valence-corrected chi connectivity index (χ1v) is 7.56. The van der Waals surface area contributed by atoms with Crippen molar-refractivity contribution in [1.82, 2.24) is 15.1 Å². The van der Waals surface area contributed by atoms with Crippen LogP contribution in [0.25, 0.3) is 5.69 Å². The standard InChI is InChI=1S/C16H18FN3O3/c17-11-5-1-2-6-12(11)20-9-14(22)15(19-20)16(23)18-8-10-4-3-7-13(10)21/h1-2,5-6,9-10,13,21-22H,3-4,7-8H2,(H,18,23). The number of rotatable bonds is 4. The van der Waals surface area contributed by atoms with Crippen LogP contribution in [0.3, 0.4) is 0 Å². The second-order valence-corrected chi connectivity index (χ2v) is 5.73. The van der Waals surface area contributed by atoms with Crippen molar-refractivity contribution in [3.8, 4) is 11.4 Å². The third kappa shape index (κ3) is 3.19. The molecular formula is C16H18FN3O3. The first kappa shape index (κ1) is 15.5. The van der Waals surface area contributed by atoms with Crippen molar-refractivity contribution in [2.75, 3.05) is 6.54 Å². The van der Waals surface area contributed by atoms with E-state index >= 15 is 0 Å². The van der Waals surface area contributed by atoms with Gasteiger partial charge >= 0.3 is 0 Å². The van der Waals surface area contributed by atoms with Crippen molar-refractivity contribution < 1.29 is 19.4 Å². The molecule has 1 aliphatic rings. The first-order valence-electron chi connectivity index (χ1n) is 7.56. The second-order valence-electron chi connectivity index (χ2n) is 5.73. The molecule has 1 aliphatic carbocycles. The molecule has 3 rings (SSSR count). The van der Waals surface area contributed by atoms with E-state index in [1.54, 1.807) is 12.1 Å². The van der Waals surface area contributed by atoms with Gasteiger partial charge in [0.05, 0.1) is 12.3 Å². The number of aromatic nitrogens is 2. The van der Waals surface area contributed by atoms with E-state index < -0.39 is 17.8 Å². The van der Waals surface area contributed by atoms with Crippen molar-refractivity contribution in [2.24, 2.45) is 5.92 Å². The molecule has 0 saturated heterocycles. The highest BCUT2D eigenvalue weighted by Crippen LogP contribution is 2.25. The molecule has 0 radical (unpaired) electrons. The summed E-state index contributed by atoms with van der Waals surface area (Å²) in [5.41, 5.74) is -0.0196. The van der Waals surface area contributed by atoms with Gasteiger partial charge in [-0.1, -0.05) is 18.6 Å². The first-order chi connectivity index (χ1) is 11.1. The number of aliphatic hydroxyl groups is 1. The number of hydrogen-bond donors (Lipinski definition) is 3. The number of aromatic hydroxyl groups is 1. The summed E-state index contributed by atoms with van der Waals surface area (Å²) in [5.74, 6) is -1.35. The van der Waals surface area contributed by atoms with E-state index in [-0.39, 0.29) is 23.0 Å². The van der Waals surface area contributed by atoms with Crippen molar-refractivity contribution in [3.63, 3.8) is 0 Å². The Labute approximate surface area is 132 Å². The molecule has 23 heavy (non-hydrogen) atoms. The van der Waals surface area contributed by atoms with Gasteiger partial charge in [0, 0.05) is 12.5 Å². The minimum absolute atomic E-state index is 0.0229. The van der Waals surface area contributed by atoms with E-state index in [1.165, 1.54) is 18.3 Å². The van der Waals surface area contributed by atoms with Crippen LogP contribution in [0.1, 0.15) is 29.8 Å². The van der Waals surface area contributed by atoms with Crippen LogP contribution in [0.2, 0.25) is 0 Å². The summed E-state index contributed by atoms with van der Waals surface area (Å²) < 4.78 is 14.9. The average molecular weight is 319 g/mol. The molecule has 0 aliphatic heterocycles. The fourth-order valence-electron chi connectivity index (χ4n) is 2.85. The molecular weight excluding hydrogens is 301 g/mol. The molecule has 0 spiro atoms. The highest BCUT2D eigenvalue weighted by molar-refractivity contribution is 5.94. The Hall–Kier alpha value is -2.41. The Bertz CT molecular complexity index is 716. The van der Waals surface area contributed by atoms with E-state index in [2.05, 4.69) is 10.4 Å². The van der Waals surface area contributed by atoms with Gasteiger partial charge in [-0.2, -0.15) is 5.10 Å². The van der Waals surface area contributed by atoms with Gasteiger partial charge in [-0.25, -0.2) is 9.07 Å². The largest absolute Gasteiger partial charge is 0.504 e. The lowest BCUT2D eigenvalue weighted by Gasteiger charge is -2.14. The Morgan fingerprint density at radius 2 is 2.17 bits per heavy atom. The zero-order chi connectivity index (χ0) is 16.4. The van der Waals surface area contributed by atoms with E-state index in [9.17, 15) is 19.4 Å². The minimum atomic E-state index is -0.545. The van der Waals surface area contributed by atoms with Gasteiger partial charge in [-0.3, -0.25) is 4.79 Å². The van der Waals surface area contributed by atoms with Gasteiger partial charge < -0.3 is 15.5 Å². The summed E-state index contributed by atoms with van der Waals surface area (Å²) in [6, 6.07) is 5.95. The normalized spacial score (nSPS) is 20.6. The number of hydrogen-bond acceptors (Lipinski definition) is 4. The van der Waals surface area contributed by atoms with Crippen molar-refractivity contribution >= 4 is 5.91 Å². The van der Waals surface area contributed by atoms with Gasteiger partial charge in [-0.15, -0.1) is 0 Å². The predicted octanol–water partition coefficient (Wildman–Crippen LogP) is 1.61. The van der Waals surface area contributed by atoms with Crippen LogP contribution in [0.4, 0.5) is 4.39 Å². The molecule has 3 N–H and O–H groups in total. The van der Waals surface area contributed by atoms with Crippen LogP contribution in [-0.4, -0.2) is 38.5 Å². The van der Waals surface area contributed by atoms with Gasteiger partial charge in [0.1, 0.15) is 11.5 Å². The molecule has 2 unspecified atom stereocenters. The fraction of sp³-hybridized carbons (Fsp3) is 0.375. The topological polar surface area (TPSA) is 87.4 Å². The zero-order valence-corrected chi connectivity index (χ0v) is 12.4. The molecule has 1 heterocycles. The molecule has 1 amide bonds. The molecule has 122 valence electrons. The Balaban J connectivity index is 1.73. The maximum absolute atomic E-state index is 13.7. The highest BCUT2D eigenvalue weighted by atomic mass is 19.1. The number of amides is 1. The number of benzene rings is 1. The molecule has 2 aromatic rings. The summed E-state index contributed by atoms with van der Waals surface area (Å²) in [6.45, 7) is 0.325. The molecule has 1 aromatic heterocycles. The second kappa shape index (κ2) is 6.37. The summed E-state index contributed by atoms with van der Waals surface area (Å²) in [6.07, 6.45) is 3.33. The molecule has 6 nitrogen and oxygen atoms in total. The summed E-state index contributed by atoms with van der Waals surface area (Å²) in [5, 5.41) is 26.3. The third-order valence-electron chi connectivity index (χ3n) is 4.15. The average Bonchev–Trinajstić information content (AvgIpc) is 3.11. The lowest BCUT2D eigenvalue weighted by Crippen LogP contribution is -2.32. The van der Waals surface area contributed by atoms with Gasteiger partial charge in [0.25, 0.3) is 5.91 Å². The van der Waals surface area contributed by atoms with Crippen molar-refractivity contribution in [3.05, 3.63) is 42.0 Å². The molecule has 1 saturated carbocycles. The van der Waals surface area contributed by atoms with E-state index in [0.717, 1.165) is 23.9 Å². The van der Waals surface area contributed by atoms with Crippen LogP contribution in [0.5, 0.6) is 5.75 Å². The quantitative estimate of drug-likeness (QED) is 0.799. The number of halogens is 1. The van der Waals surface area contributed by atoms with Crippen molar-refractivity contribution in [1.29, 1.82) is 0 Å². The van der Waals surface area contributed by atoms with Gasteiger partial charge in [-0.05, 0) is 25.0 Å². The maximum atomic E-state index is 13.7. The molecule has 7 heteroatoms. The van der Waals surface area contributed by atoms with E-state index in [1.807, 2.05) is 0 Å². The number of aliphatic hydroxyl groups excluding tert-OH is 1. The Morgan fingerprint density at radius 1 is 1.39 bits per heavy atom.